The summed E-state index contributed by atoms with van der Waals surface area (Å²) in [6, 6.07) is 5.58. The van der Waals surface area contributed by atoms with E-state index < -0.39 is 5.97 Å². The van der Waals surface area contributed by atoms with Gasteiger partial charge in [0.05, 0.1) is 10.7 Å². The number of para-hydroxylation sites is 1. The van der Waals surface area contributed by atoms with E-state index in [0.29, 0.717) is 10.9 Å². The molecule has 0 spiro atoms. The van der Waals surface area contributed by atoms with Gasteiger partial charge in [0.2, 0.25) is 0 Å². The van der Waals surface area contributed by atoms with Gasteiger partial charge in [0.15, 0.2) is 0 Å². The van der Waals surface area contributed by atoms with Crippen molar-refractivity contribution >= 4 is 29.3 Å². The second kappa shape index (κ2) is 5.44. The van der Waals surface area contributed by atoms with Crippen molar-refractivity contribution < 1.29 is 9.90 Å². The largest absolute Gasteiger partial charge is 0.478 e. The zero-order valence-electron chi connectivity index (χ0n) is 10.3. The molecule has 0 saturated carbocycles. The highest BCUT2D eigenvalue weighted by Gasteiger charge is 2.22. The summed E-state index contributed by atoms with van der Waals surface area (Å²) in [7, 11) is 0. The summed E-state index contributed by atoms with van der Waals surface area (Å²) in [6.07, 6.45) is 3.90. The molecule has 1 heterocycles. The van der Waals surface area contributed by atoms with E-state index in [1.54, 1.807) is 6.08 Å². The number of carbonyl (C=O) groups is 1. The Balaban J connectivity index is 2.35. The average Bonchev–Trinajstić information content (AvgIpc) is 2.72. The van der Waals surface area contributed by atoms with Crippen LogP contribution < -0.4 is 4.90 Å². The third-order valence-electron chi connectivity index (χ3n) is 3.16. The number of aliphatic carboxylic acids is 1. The minimum absolute atomic E-state index is 0.651. The molecular weight excluding hydrogens is 250 g/mol. The zero-order chi connectivity index (χ0) is 13.1. The fourth-order valence-corrected chi connectivity index (χ4v) is 2.60. The van der Waals surface area contributed by atoms with E-state index in [4.69, 9.17) is 16.7 Å². The number of hydrogen-bond donors (Lipinski definition) is 1. The predicted octanol–water partition coefficient (Wildman–Crippen LogP) is 3.28. The fraction of sp³-hybridized carbons (Fsp3) is 0.357. The third-order valence-corrected chi connectivity index (χ3v) is 3.47. The third kappa shape index (κ3) is 2.85. The van der Waals surface area contributed by atoms with Crippen molar-refractivity contribution in [3.63, 3.8) is 0 Å². The minimum atomic E-state index is -0.948. The van der Waals surface area contributed by atoms with Gasteiger partial charge < -0.3 is 10.0 Å². The molecule has 1 fully saturated rings. The summed E-state index contributed by atoms with van der Waals surface area (Å²) in [5.41, 5.74) is 1.81. The van der Waals surface area contributed by atoms with Gasteiger partial charge in [-0.15, -0.1) is 0 Å². The predicted molar refractivity (Wildman–Crippen MR) is 74.1 cm³/mol. The topological polar surface area (TPSA) is 40.5 Å². The molecule has 1 aliphatic heterocycles. The maximum Gasteiger partial charge on any atom is 0.328 e. The van der Waals surface area contributed by atoms with Gasteiger partial charge in [-0.1, -0.05) is 30.7 Å². The smallest absolute Gasteiger partial charge is 0.328 e. The maximum atomic E-state index is 10.6. The number of halogens is 1. The second-order valence-corrected chi connectivity index (χ2v) is 5.10. The Morgan fingerprint density at radius 2 is 2.33 bits per heavy atom. The van der Waals surface area contributed by atoms with Crippen molar-refractivity contribution in [1.29, 1.82) is 0 Å². The molecule has 1 aromatic rings. The lowest BCUT2D eigenvalue weighted by atomic mass is 10.1. The molecule has 0 amide bonds. The van der Waals surface area contributed by atoms with Crippen LogP contribution in [-0.4, -0.2) is 24.2 Å². The van der Waals surface area contributed by atoms with E-state index in [-0.39, 0.29) is 0 Å². The molecule has 3 nitrogen and oxygen atoms in total. The molecule has 0 aromatic heterocycles. The molecule has 0 radical (unpaired) electrons. The highest BCUT2D eigenvalue weighted by Crippen LogP contribution is 2.34. The van der Waals surface area contributed by atoms with Crippen LogP contribution in [0.2, 0.25) is 5.02 Å². The van der Waals surface area contributed by atoms with E-state index in [1.807, 2.05) is 18.2 Å². The first-order chi connectivity index (χ1) is 8.58. The van der Waals surface area contributed by atoms with Crippen LogP contribution in [0.5, 0.6) is 0 Å². The molecule has 0 aliphatic carbocycles. The number of carboxylic acid groups (broad SMARTS) is 1. The summed E-state index contributed by atoms with van der Waals surface area (Å²) < 4.78 is 0. The van der Waals surface area contributed by atoms with Gasteiger partial charge in [0.1, 0.15) is 0 Å². The molecule has 1 aromatic carbocycles. The first-order valence-corrected chi connectivity index (χ1v) is 6.40. The van der Waals surface area contributed by atoms with E-state index >= 15 is 0 Å². The van der Waals surface area contributed by atoms with Gasteiger partial charge in [-0.3, -0.25) is 0 Å². The van der Waals surface area contributed by atoms with Gasteiger partial charge >= 0.3 is 5.97 Å². The monoisotopic (exact) mass is 265 g/mol. The van der Waals surface area contributed by atoms with Crippen molar-refractivity contribution in [2.75, 3.05) is 18.0 Å². The van der Waals surface area contributed by atoms with E-state index in [1.165, 1.54) is 0 Å². The molecule has 2 rings (SSSR count). The van der Waals surface area contributed by atoms with Crippen molar-refractivity contribution in [1.82, 2.24) is 0 Å². The lowest BCUT2D eigenvalue weighted by Gasteiger charge is -2.22. The fourth-order valence-electron chi connectivity index (χ4n) is 2.30. The molecule has 1 N–H and O–H groups in total. The first-order valence-electron chi connectivity index (χ1n) is 6.02. The molecule has 18 heavy (non-hydrogen) atoms. The summed E-state index contributed by atoms with van der Waals surface area (Å²) in [5, 5.41) is 9.39. The van der Waals surface area contributed by atoms with Crippen LogP contribution in [0.4, 0.5) is 5.69 Å². The van der Waals surface area contributed by atoms with Gasteiger partial charge in [-0.25, -0.2) is 4.79 Å². The lowest BCUT2D eigenvalue weighted by molar-refractivity contribution is -0.131. The molecule has 1 saturated heterocycles. The minimum Gasteiger partial charge on any atom is -0.478 e. The van der Waals surface area contributed by atoms with Crippen molar-refractivity contribution in [3.8, 4) is 0 Å². The molecular formula is C14H16ClNO2. The van der Waals surface area contributed by atoms with Crippen LogP contribution in [0.1, 0.15) is 18.9 Å². The Hall–Kier alpha value is -1.48. The van der Waals surface area contributed by atoms with Gasteiger partial charge in [0.25, 0.3) is 0 Å². The Morgan fingerprint density at radius 3 is 2.94 bits per heavy atom. The summed E-state index contributed by atoms with van der Waals surface area (Å²) >= 11 is 6.25. The number of benzene rings is 1. The van der Waals surface area contributed by atoms with Gasteiger partial charge in [-0.2, -0.15) is 0 Å². The standard InChI is InChI=1S/C14H16ClNO2/c1-10-7-8-16(9-10)14-11(5-6-13(17)18)3-2-4-12(14)15/h2-6,10H,7-9H2,1H3,(H,17,18)/b6-5+. The van der Waals surface area contributed by atoms with Gasteiger partial charge in [-0.05, 0) is 30.0 Å². The number of nitrogens with zero attached hydrogens (tertiary/aromatic N) is 1. The SMILES string of the molecule is CC1CCN(c2c(Cl)cccc2/C=C/C(=O)O)C1. The van der Waals surface area contributed by atoms with Crippen molar-refractivity contribution in [3.05, 3.63) is 34.9 Å². The molecule has 4 heteroatoms. The maximum absolute atomic E-state index is 10.6. The first kappa shape index (κ1) is 13.0. The molecule has 1 aliphatic rings. The van der Waals surface area contributed by atoms with Crippen LogP contribution in [0.3, 0.4) is 0 Å². The molecule has 0 bridgehead atoms. The number of rotatable bonds is 3. The van der Waals surface area contributed by atoms with Crippen molar-refractivity contribution in [2.45, 2.75) is 13.3 Å². The van der Waals surface area contributed by atoms with Crippen molar-refractivity contribution in [2.24, 2.45) is 5.92 Å². The summed E-state index contributed by atoms with van der Waals surface area (Å²) in [5.74, 6) is -0.298. The average molecular weight is 266 g/mol. The van der Waals surface area contributed by atoms with Crippen LogP contribution in [-0.2, 0) is 4.79 Å². The van der Waals surface area contributed by atoms with E-state index in [0.717, 1.165) is 36.8 Å². The number of carboxylic acids is 1. The lowest BCUT2D eigenvalue weighted by Crippen LogP contribution is -2.20. The van der Waals surface area contributed by atoms with Crippen LogP contribution >= 0.6 is 11.6 Å². The Labute approximate surface area is 112 Å². The van der Waals surface area contributed by atoms with Crippen LogP contribution in [0, 0.1) is 5.92 Å². The second-order valence-electron chi connectivity index (χ2n) is 4.69. The van der Waals surface area contributed by atoms with Crippen LogP contribution in [0.25, 0.3) is 6.08 Å². The molecule has 1 atom stereocenters. The Morgan fingerprint density at radius 1 is 1.56 bits per heavy atom. The number of hydrogen-bond acceptors (Lipinski definition) is 2. The van der Waals surface area contributed by atoms with E-state index in [9.17, 15) is 4.79 Å². The normalized spacial score (nSPS) is 19.7. The summed E-state index contributed by atoms with van der Waals surface area (Å²) in [4.78, 5) is 12.8. The zero-order valence-corrected chi connectivity index (χ0v) is 11.0. The van der Waals surface area contributed by atoms with Gasteiger partial charge in [0, 0.05) is 19.2 Å². The highest BCUT2D eigenvalue weighted by molar-refractivity contribution is 6.33. The van der Waals surface area contributed by atoms with Crippen LogP contribution in [0.15, 0.2) is 24.3 Å². The quantitative estimate of drug-likeness (QED) is 0.853. The Bertz CT molecular complexity index is 485. The number of anilines is 1. The summed E-state index contributed by atoms with van der Waals surface area (Å²) in [6.45, 7) is 4.15. The highest BCUT2D eigenvalue weighted by atomic mass is 35.5. The molecule has 1 unspecified atom stereocenters. The molecule has 96 valence electrons. The van der Waals surface area contributed by atoms with E-state index in [2.05, 4.69) is 11.8 Å². The Kier molecular flexibility index (Phi) is 3.92.